The molecule has 1 fully saturated rings. The van der Waals surface area contributed by atoms with Crippen LogP contribution in [0.5, 0.6) is 0 Å². The normalized spacial score (nSPS) is 16.9. The topological polar surface area (TPSA) is 21.8 Å². The molecule has 0 spiro atoms. The van der Waals surface area contributed by atoms with Crippen LogP contribution in [-0.4, -0.2) is 25.9 Å². The summed E-state index contributed by atoms with van der Waals surface area (Å²) in [6.07, 6.45) is 17.3. The molecule has 2 heteroatoms. The summed E-state index contributed by atoms with van der Waals surface area (Å²) < 4.78 is 10.6. The van der Waals surface area contributed by atoms with Gasteiger partial charge in [-0.1, -0.05) is 85.0 Å². The molecule has 1 saturated heterocycles. The van der Waals surface area contributed by atoms with Crippen LogP contribution in [0.15, 0.2) is 0 Å². The van der Waals surface area contributed by atoms with E-state index >= 15 is 0 Å². The minimum Gasteiger partial charge on any atom is -0.379 e. The van der Waals surface area contributed by atoms with Gasteiger partial charge in [0.05, 0.1) is 13.2 Å². The van der Waals surface area contributed by atoms with Crippen molar-refractivity contribution in [2.75, 3.05) is 19.8 Å². The van der Waals surface area contributed by atoms with Crippen molar-refractivity contribution in [3.8, 4) is 0 Å². The van der Waals surface area contributed by atoms with Gasteiger partial charge in [0, 0.05) is 6.61 Å². The second-order valence-corrected chi connectivity index (χ2v) is 5.92. The molecule has 0 saturated carbocycles. The summed E-state index contributed by atoms with van der Waals surface area (Å²) in [5.74, 6) is 0. The highest BCUT2D eigenvalue weighted by Gasteiger charge is 2.21. The lowest BCUT2D eigenvalue weighted by Crippen LogP contribution is -2.02. The van der Waals surface area contributed by atoms with E-state index in [1.54, 1.807) is 0 Å². The highest BCUT2D eigenvalue weighted by atomic mass is 16.6. The van der Waals surface area contributed by atoms with Crippen molar-refractivity contribution < 1.29 is 9.47 Å². The minimum atomic E-state index is 0. The van der Waals surface area contributed by atoms with E-state index in [9.17, 15) is 0 Å². The molecule has 1 aliphatic rings. The lowest BCUT2D eigenvalue weighted by molar-refractivity contribution is 0.113. The third kappa shape index (κ3) is 14.3. The predicted octanol–water partition coefficient (Wildman–Crippen LogP) is 5.74. The van der Waals surface area contributed by atoms with Crippen LogP contribution in [0.2, 0.25) is 0 Å². The van der Waals surface area contributed by atoms with Crippen LogP contribution in [0.3, 0.4) is 0 Å². The standard InChI is InChI=1S/C17H34O2.CH4/c1-2-3-4-5-6-7-8-9-10-11-12-13-14-18-15-17-16-19-17;/h17H,2-16H2,1H3;1H4. The zero-order chi connectivity index (χ0) is 13.6. The maximum atomic E-state index is 5.52. The van der Waals surface area contributed by atoms with E-state index in [0.29, 0.717) is 6.10 Å². The van der Waals surface area contributed by atoms with E-state index in [-0.39, 0.29) is 7.43 Å². The first kappa shape index (κ1) is 19.9. The average Bonchev–Trinajstić information content (AvgIpc) is 3.23. The van der Waals surface area contributed by atoms with Crippen LogP contribution < -0.4 is 0 Å². The molecule has 0 N–H and O–H groups in total. The van der Waals surface area contributed by atoms with E-state index in [0.717, 1.165) is 19.8 Å². The SMILES string of the molecule is C.CCCCCCCCCCCCCCOCC1CO1. The van der Waals surface area contributed by atoms with E-state index < -0.39 is 0 Å². The monoisotopic (exact) mass is 286 g/mol. The molecule has 0 radical (unpaired) electrons. The number of epoxide rings is 1. The fourth-order valence-corrected chi connectivity index (χ4v) is 2.42. The van der Waals surface area contributed by atoms with E-state index in [4.69, 9.17) is 9.47 Å². The molecular weight excluding hydrogens is 248 g/mol. The van der Waals surface area contributed by atoms with Crippen LogP contribution in [0, 0.1) is 0 Å². The molecular formula is C18H38O2. The van der Waals surface area contributed by atoms with Gasteiger partial charge >= 0.3 is 0 Å². The Morgan fingerprint density at radius 1 is 0.800 bits per heavy atom. The fourth-order valence-electron chi connectivity index (χ4n) is 2.42. The van der Waals surface area contributed by atoms with Gasteiger partial charge in [-0.25, -0.2) is 0 Å². The first-order valence-corrected chi connectivity index (χ1v) is 8.63. The summed E-state index contributed by atoms with van der Waals surface area (Å²) in [6, 6.07) is 0. The molecule has 1 heterocycles. The zero-order valence-electron chi connectivity index (χ0n) is 13.0. The van der Waals surface area contributed by atoms with Gasteiger partial charge in [-0.05, 0) is 6.42 Å². The van der Waals surface area contributed by atoms with Gasteiger partial charge in [0.2, 0.25) is 0 Å². The lowest BCUT2D eigenvalue weighted by atomic mass is 10.1. The number of hydrogen-bond acceptors (Lipinski definition) is 2. The zero-order valence-corrected chi connectivity index (χ0v) is 13.0. The molecule has 0 aromatic heterocycles. The quantitative estimate of drug-likeness (QED) is 0.283. The first-order valence-electron chi connectivity index (χ1n) is 8.63. The van der Waals surface area contributed by atoms with Gasteiger partial charge in [0.1, 0.15) is 6.10 Å². The highest BCUT2D eigenvalue weighted by Crippen LogP contribution is 2.12. The van der Waals surface area contributed by atoms with Crippen LogP contribution in [0.25, 0.3) is 0 Å². The number of hydrogen-bond donors (Lipinski definition) is 0. The van der Waals surface area contributed by atoms with Crippen LogP contribution in [0.1, 0.15) is 91.4 Å². The van der Waals surface area contributed by atoms with Crippen molar-refractivity contribution in [2.24, 2.45) is 0 Å². The van der Waals surface area contributed by atoms with Crippen LogP contribution in [-0.2, 0) is 9.47 Å². The van der Waals surface area contributed by atoms with E-state index in [1.807, 2.05) is 0 Å². The largest absolute Gasteiger partial charge is 0.379 e. The van der Waals surface area contributed by atoms with E-state index in [1.165, 1.54) is 77.0 Å². The van der Waals surface area contributed by atoms with Crippen LogP contribution >= 0.6 is 0 Å². The Labute approximate surface area is 127 Å². The summed E-state index contributed by atoms with van der Waals surface area (Å²) in [4.78, 5) is 0. The highest BCUT2D eigenvalue weighted by molar-refractivity contribution is 4.66. The van der Waals surface area contributed by atoms with Crippen molar-refractivity contribution in [1.29, 1.82) is 0 Å². The number of rotatable bonds is 15. The molecule has 0 amide bonds. The summed E-state index contributed by atoms with van der Waals surface area (Å²) in [6.45, 7) is 4.94. The average molecular weight is 286 g/mol. The Bertz CT molecular complexity index is 178. The second kappa shape index (κ2) is 15.3. The summed E-state index contributed by atoms with van der Waals surface area (Å²) in [5, 5.41) is 0. The van der Waals surface area contributed by atoms with E-state index in [2.05, 4.69) is 6.92 Å². The molecule has 1 unspecified atom stereocenters. The molecule has 1 atom stereocenters. The Hall–Kier alpha value is -0.0800. The Morgan fingerprint density at radius 3 is 1.70 bits per heavy atom. The van der Waals surface area contributed by atoms with Gasteiger partial charge < -0.3 is 9.47 Å². The molecule has 122 valence electrons. The van der Waals surface area contributed by atoms with Crippen molar-refractivity contribution >= 4 is 0 Å². The fraction of sp³-hybridized carbons (Fsp3) is 1.00. The summed E-state index contributed by atoms with van der Waals surface area (Å²) >= 11 is 0. The van der Waals surface area contributed by atoms with Crippen molar-refractivity contribution in [2.45, 2.75) is 97.5 Å². The maximum Gasteiger partial charge on any atom is 0.104 e. The Kier molecular flexibility index (Phi) is 15.3. The smallest absolute Gasteiger partial charge is 0.104 e. The Balaban J connectivity index is 0.00000361. The number of ether oxygens (including phenoxy) is 2. The molecule has 1 aliphatic heterocycles. The van der Waals surface area contributed by atoms with Crippen molar-refractivity contribution in [3.63, 3.8) is 0 Å². The molecule has 20 heavy (non-hydrogen) atoms. The van der Waals surface area contributed by atoms with Crippen LogP contribution in [0.4, 0.5) is 0 Å². The van der Waals surface area contributed by atoms with Gasteiger partial charge in [-0.2, -0.15) is 0 Å². The first-order chi connectivity index (χ1) is 9.43. The van der Waals surface area contributed by atoms with Gasteiger partial charge in [0.15, 0.2) is 0 Å². The molecule has 0 aromatic rings. The van der Waals surface area contributed by atoms with Crippen molar-refractivity contribution in [1.82, 2.24) is 0 Å². The Morgan fingerprint density at radius 2 is 1.25 bits per heavy atom. The predicted molar refractivity (Wildman–Crippen MR) is 88.4 cm³/mol. The summed E-state index contributed by atoms with van der Waals surface area (Å²) in [7, 11) is 0. The minimum absolute atomic E-state index is 0. The number of unbranched alkanes of at least 4 members (excludes halogenated alkanes) is 11. The maximum absolute atomic E-state index is 5.52. The lowest BCUT2D eigenvalue weighted by Gasteiger charge is -2.03. The van der Waals surface area contributed by atoms with Gasteiger partial charge in [-0.15, -0.1) is 0 Å². The van der Waals surface area contributed by atoms with Crippen molar-refractivity contribution in [3.05, 3.63) is 0 Å². The van der Waals surface area contributed by atoms with Gasteiger partial charge in [0.25, 0.3) is 0 Å². The molecule has 0 aliphatic carbocycles. The third-order valence-corrected chi connectivity index (χ3v) is 3.85. The second-order valence-electron chi connectivity index (χ2n) is 5.92. The molecule has 0 aromatic carbocycles. The molecule has 2 nitrogen and oxygen atoms in total. The molecule has 1 rings (SSSR count). The summed E-state index contributed by atoms with van der Waals surface area (Å²) in [5.41, 5.74) is 0. The van der Waals surface area contributed by atoms with Gasteiger partial charge in [-0.3, -0.25) is 0 Å². The molecule has 0 bridgehead atoms. The third-order valence-electron chi connectivity index (χ3n) is 3.85.